The van der Waals surface area contributed by atoms with E-state index in [0.29, 0.717) is 12.6 Å². The number of nitrogens with zero attached hydrogens (tertiary/aromatic N) is 3. The molecule has 16 heavy (non-hydrogen) atoms. The third kappa shape index (κ3) is 2.16. The molecule has 1 aliphatic rings. The molecule has 2 N–H and O–H groups in total. The number of aryl methyl sites for hydroxylation is 2. The Balaban J connectivity index is 2.28. The number of hydrogen-bond donors (Lipinski definition) is 1. The zero-order valence-corrected chi connectivity index (χ0v) is 10.1. The summed E-state index contributed by atoms with van der Waals surface area (Å²) in [6.45, 7) is 5.86. The lowest BCUT2D eigenvalue weighted by Gasteiger charge is -2.25. The largest absolute Gasteiger partial charge is 0.352 e. The Labute approximate surface area is 96.9 Å². The Morgan fingerprint density at radius 1 is 1.50 bits per heavy atom. The molecule has 0 radical (unpaired) electrons. The molecule has 1 aromatic rings. The van der Waals surface area contributed by atoms with Crippen LogP contribution >= 0.6 is 0 Å². The minimum absolute atomic E-state index is 0.457. The van der Waals surface area contributed by atoms with Crippen molar-refractivity contribution in [1.82, 2.24) is 9.97 Å². The molecule has 4 nitrogen and oxygen atoms in total. The van der Waals surface area contributed by atoms with Crippen LogP contribution in [0.15, 0.2) is 6.07 Å². The molecule has 2 rings (SSSR count). The lowest BCUT2D eigenvalue weighted by atomic mass is 10.2. The minimum Gasteiger partial charge on any atom is -0.352 e. The summed E-state index contributed by atoms with van der Waals surface area (Å²) in [7, 11) is 0. The monoisotopic (exact) mass is 220 g/mol. The summed E-state index contributed by atoms with van der Waals surface area (Å²) in [6, 6.07) is 2.56. The van der Waals surface area contributed by atoms with Gasteiger partial charge in [-0.25, -0.2) is 9.97 Å². The van der Waals surface area contributed by atoms with Gasteiger partial charge in [0.05, 0.1) is 0 Å². The Bertz CT molecular complexity index is 364. The summed E-state index contributed by atoms with van der Waals surface area (Å²) in [6.07, 6.45) is 3.35. The first-order valence-corrected chi connectivity index (χ1v) is 6.06. The van der Waals surface area contributed by atoms with E-state index >= 15 is 0 Å². The van der Waals surface area contributed by atoms with Gasteiger partial charge in [0.2, 0.25) is 0 Å². The van der Waals surface area contributed by atoms with Crippen molar-refractivity contribution in [1.29, 1.82) is 0 Å². The van der Waals surface area contributed by atoms with E-state index in [2.05, 4.69) is 27.9 Å². The second kappa shape index (κ2) is 4.78. The number of hydrogen-bond acceptors (Lipinski definition) is 4. The molecule has 2 heterocycles. The van der Waals surface area contributed by atoms with E-state index in [1.165, 1.54) is 12.8 Å². The summed E-state index contributed by atoms with van der Waals surface area (Å²) < 4.78 is 0. The van der Waals surface area contributed by atoms with Crippen molar-refractivity contribution in [2.24, 2.45) is 5.73 Å². The fourth-order valence-corrected chi connectivity index (χ4v) is 2.32. The molecule has 1 aliphatic heterocycles. The van der Waals surface area contributed by atoms with Gasteiger partial charge in [0.25, 0.3) is 0 Å². The highest BCUT2D eigenvalue weighted by molar-refractivity contribution is 5.42. The molecule has 0 aromatic carbocycles. The smallest absolute Gasteiger partial charge is 0.132 e. The average molecular weight is 220 g/mol. The van der Waals surface area contributed by atoms with Gasteiger partial charge in [-0.15, -0.1) is 0 Å². The number of rotatable bonds is 3. The number of anilines is 1. The summed E-state index contributed by atoms with van der Waals surface area (Å²) in [5.41, 5.74) is 6.90. The van der Waals surface area contributed by atoms with E-state index in [9.17, 15) is 0 Å². The van der Waals surface area contributed by atoms with Crippen molar-refractivity contribution in [2.75, 3.05) is 18.0 Å². The van der Waals surface area contributed by atoms with E-state index in [-0.39, 0.29) is 0 Å². The van der Waals surface area contributed by atoms with Gasteiger partial charge in [-0.3, -0.25) is 0 Å². The molecule has 1 saturated heterocycles. The molecule has 0 aliphatic carbocycles. The van der Waals surface area contributed by atoms with Gasteiger partial charge in [0.1, 0.15) is 11.6 Å². The van der Waals surface area contributed by atoms with Gasteiger partial charge >= 0.3 is 0 Å². The van der Waals surface area contributed by atoms with Crippen LogP contribution in [0.1, 0.15) is 31.3 Å². The lowest BCUT2D eigenvalue weighted by Crippen LogP contribution is -2.36. The highest BCUT2D eigenvalue weighted by Gasteiger charge is 2.24. The summed E-state index contributed by atoms with van der Waals surface area (Å²) in [5, 5.41) is 0. The maximum atomic E-state index is 5.79. The first kappa shape index (κ1) is 11.3. The predicted octanol–water partition coefficient (Wildman–Crippen LogP) is 1.27. The normalized spacial score (nSPS) is 20.4. The van der Waals surface area contributed by atoms with E-state index in [0.717, 1.165) is 30.3 Å². The highest BCUT2D eigenvalue weighted by atomic mass is 15.2. The first-order valence-electron chi connectivity index (χ1n) is 6.06. The third-order valence-electron chi connectivity index (χ3n) is 3.18. The molecule has 4 heteroatoms. The van der Waals surface area contributed by atoms with Gasteiger partial charge in [-0.05, 0) is 26.2 Å². The quantitative estimate of drug-likeness (QED) is 0.833. The first-order chi connectivity index (χ1) is 7.74. The second-order valence-corrected chi connectivity index (χ2v) is 4.34. The van der Waals surface area contributed by atoms with Gasteiger partial charge in [0, 0.05) is 30.9 Å². The van der Waals surface area contributed by atoms with Crippen molar-refractivity contribution in [3.63, 3.8) is 0 Å². The minimum atomic E-state index is 0.457. The van der Waals surface area contributed by atoms with Gasteiger partial charge in [0.15, 0.2) is 0 Å². The molecule has 88 valence electrons. The fraction of sp³-hybridized carbons (Fsp3) is 0.667. The molecule has 1 unspecified atom stereocenters. The van der Waals surface area contributed by atoms with Crippen molar-refractivity contribution >= 4 is 5.82 Å². The number of nitrogens with two attached hydrogens (primary N) is 1. The van der Waals surface area contributed by atoms with E-state index in [1.807, 2.05) is 6.92 Å². The van der Waals surface area contributed by atoms with Crippen LogP contribution in [0, 0.1) is 6.92 Å². The van der Waals surface area contributed by atoms with Crippen LogP contribution in [0.3, 0.4) is 0 Å². The van der Waals surface area contributed by atoms with Crippen LogP contribution in [0.4, 0.5) is 5.82 Å². The molecule has 0 amide bonds. The third-order valence-corrected chi connectivity index (χ3v) is 3.18. The van der Waals surface area contributed by atoms with Crippen molar-refractivity contribution in [2.45, 2.75) is 39.2 Å². The fourth-order valence-electron chi connectivity index (χ4n) is 2.32. The Hall–Kier alpha value is -1.16. The van der Waals surface area contributed by atoms with Crippen LogP contribution in [0.2, 0.25) is 0 Å². The molecule has 1 fully saturated rings. The summed E-state index contributed by atoms with van der Waals surface area (Å²) in [4.78, 5) is 11.3. The molecular weight excluding hydrogens is 200 g/mol. The van der Waals surface area contributed by atoms with Crippen molar-refractivity contribution < 1.29 is 0 Å². The maximum Gasteiger partial charge on any atom is 0.132 e. The van der Waals surface area contributed by atoms with Gasteiger partial charge in [-0.1, -0.05) is 6.92 Å². The molecule has 0 bridgehead atoms. The molecule has 1 atom stereocenters. The van der Waals surface area contributed by atoms with Gasteiger partial charge in [-0.2, -0.15) is 0 Å². The van der Waals surface area contributed by atoms with E-state index in [1.54, 1.807) is 0 Å². The van der Waals surface area contributed by atoms with Crippen LogP contribution in [0.25, 0.3) is 0 Å². The second-order valence-electron chi connectivity index (χ2n) is 4.34. The maximum absolute atomic E-state index is 5.79. The molecule has 0 spiro atoms. The van der Waals surface area contributed by atoms with Crippen molar-refractivity contribution in [3.8, 4) is 0 Å². The Morgan fingerprint density at radius 2 is 2.31 bits per heavy atom. The van der Waals surface area contributed by atoms with Crippen LogP contribution < -0.4 is 10.6 Å². The van der Waals surface area contributed by atoms with Crippen LogP contribution in [-0.4, -0.2) is 29.1 Å². The average Bonchev–Trinajstić information content (AvgIpc) is 2.76. The Morgan fingerprint density at radius 3 is 3.00 bits per heavy atom. The summed E-state index contributed by atoms with van der Waals surface area (Å²) in [5.74, 6) is 1.91. The van der Waals surface area contributed by atoms with Crippen molar-refractivity contribution in [3.05, 3.63) is 17.6 Å². The topological polar surface area (TPSA) is 55.0 Å². The standard InChI is InChI=1S/C12H20N4/c1-3-10-7-12(15-9(2)14-10)16-6-4-5-11(16)8-13/h7,11H,3-6,8,13H2,1-2H3. The SMILES string of the molecule is CCc1cc(N2CCCC2CN)nc(C)n1. The van der Waals surface area contributed by atoms with E-state index < -0.39 is 0 Å². The highest BCUT2D eigenvalue weighted by Crippen LogP contribution is 2.23. The molecular formula is C12H20N4. The zero-order valence-electron chi connectivity index (χ0n) is 10.1. The molecule has 0 saturated carbocycles. The number of aromatic nitrogens is 2. The predicted molar refractivity (Wildman–Crippen MR) is 65.6 cm³/mol. The van der Waals surface area contributed by atoms with Crippen LogP contribution in [0.5, 0.6) is 0 Å². The van der Waals surface area contributed by atoms with Crippen LogP contribution in [-0.2, 0) is 6.42 Å². The Kier molecular flexibility index (Phi) is 3.39. The van der Waals surface area contributed by atoms with Gasteiger partial charge < -0.3 is 10.6 Å². The summed E-state index contributed by atoms with van der Waals surface area (Å²) >= 11 is 0. The van der Waals surface area contributed by atoms with E-state index in [4.69, 9.17) is 5.73 Å². The lowest BCUT2D eigenvalue weighted by molar-refractivity contribution is 0.668. The zero-order chi connectivity index (χ0) is 11.5. The molecule has 1 aromatic heterocycles.